The van der Waals surface area contributed by atoms with Gasteiger partial charge in [-0.1, -0.05) is 18.2 Å². The van der Waals surface area contributed by atoms with Crippen LogP contribution in [-0.4, -0.2) is 48.8 Å². The smallest absolute Gasteiger partial charge is 0.246 e. The fourth-order valence-electron chi connectivity index (χ4n) is 2.34. The van der Waals surface area contributed by atoms with E-state index in [4.69, 9.17) is 4.74 Å². The number of para-hydroxylation sites is 1. The van der Waals surface area contributed by atoms with Crippen LogP contribution < -0.4 is 0 Å². The number of ether oxygens (including phenoxy) is 1. The average Bonchev–Trinajstić information content (AvgIpc) is 2.92. The lowest BCUT2D eigenvalue weighted by molar-refractivity contribution is 0.0730. The monoisotopic (exact) mass is 307 g/mol. The molecular weight excluding hydrogens is 290 g/mol. The van der Waals surface area contributed by atoms with Gasteiger partial charge in [0.25, 0.3) is 0 Å². The van der Waals surface area contributed by atoms with E-state index in [2.05, 4.69) is 5.10 Å². The maximum Gasteiger partial charge on any atom is 0.246 e. The predicted octanol–water partition coefficient (Wildman–Crippen LogP) is 1.20. The summed E-state index contributed by atoms with van der Waals surface area (Å²) in [6.07, 6.45) is 1.58. The van der Waals surface area contributed by atoms with E-state index >= 15 is 0 Å². The molecule has 0 bridgehead atoms. The number of aromatic nitrogens is 2. The first-order valence-electron chi connectivity index (χ1n) is 6.78. The Bertz CT molecular complexity index is 719. The first-order valence-corrected chi connectivity index (χ1v) is 8.22. The van der Waals surface area contributed by atoms with Crippen LogP contribution in [0.1, 0.15) is 5.69 Å². The van der Waals surface area contributed by atoms with Crippen molar-refractivity contribution in [2.24, 2.45) is 0 Å². The summed E-state index contributed by atoms with van der Waals surface area (Å²) < 4.78 is 33.6. The standard InChI is InChI=1S/C14H17N3O3S/c1-12-14(21(18,19)16-7-9-20-10-8-16)11-17(15-12)13-5-3-2-4-6-13/h2-6,11H,7-10H2,1H3. The zero-order valence-corrected chi connectivity index (χ0v) is 12.6. The molecule has 2 heterocycles. The molecule has 0 amide bonds. The molecule has 2 aromatic rings. The molecular formula is C14H17N3O3S. The van der Waals surface area contributed by atoms with Crippen LogP contribution in [0.25, 0.3) is 5.69 Å². The lowest BCUT2D eigenvalue weighted by atomic mass is 10.3. The van der Waals surface area contributed by atoms with Gasteiger partial charge in [-0.25, -0.2) is 13.1 Å². The molecule has 112 valence electrons. The number of aryl methyl sites for hydroxylation is 1. The van der Waals surface area contributed by atoms with Crippen LogP contribution in [0.4, 0.5) is 0 Å². The largest absolute Gasteiger partial charge is 0.379 e. The highest BCUT2D eigenvalue weighted by Gasteiger charge is 2.29. The summed E-state index contributed by atoms with van der Waals surface area (Å²) in [6.45, 7) is 3.36. The molecule has 6 nitrogen and oxygen atoms in total. The molecule has 1 fully saturated rings. The molecule has 0 saturated carbocycles. The Morgan fingerprint density at radius 3 is 2.48 bits per heavy atom. The van der Waals surface area contributed by atoms with Gasteiger partial charge in [0.1, 0.15) is 4.90 Å². The molecule has 21 heavy (non-hydrogen) atoms. The van der Waals surface area contributed by atoms with Gasteiger partial charge in [-0.15, -0.1) is 0 Å². The van der Waals surface area contributed by atoms with Gasteiger partial charge in [-0.05, 0) is 19.1 Å². The molecule has 1 aliphatic rings. The Morgan fingerprint density at radius 1 is 1.14 bits per heavy atom. The molecule has 0 spiro atoms. The normalized spacial score (nSPS) is 17.0. The van der Waals surface area contributed by atoms with E-state index < -0.39 is 10.0 Å². The minimum absolute atomic E-state index is 0.258. The van der Waals surface area contributed by atoms with Crippen molar-refractivity contribution < 1.29 is 13.2 Å². The molecule has 7 heteroatoms. The number of benzene rings is 1. The van der Waals surface area contributed by atoms with Crippen LogP contribution >= 0.6 is 0 Å². The second-order valence-corrected chi connectivity index (χ2v) is 6.78. The van der Waals surface area contributed by atoms with Gasteiger partial charge in [-0.2, -0.15) is 9.40 Å². The number of hydrogen-bond donors (Lipinski definition) is 0. The average molecular weight is 307 g/mol. The summed E-state index contributed by atoms with van der Waals surface area (Å²) in [5, 5.41) is 4.32. The number of rotatable bonds is 3. The van der Waals surface area contributed by atoms with Gasteiger partial charge < -0.3 is 4.74 Å². The van der Waals surface area contributed by atoms with Crippen molar-refractivity contribution in [1.29, 1.82) is 0 Å². The zero-order valence-electron chi connectivity index (χ0n) is 11.8. The molecule has 1 saturated heterocycles. The van der Waals surface area contributed by atoms with Crippen LogP contribution in [0, 0.1) is 6.92 Å². The zero-order chi connectivity index (χ0) is 14.9. The molecule has 0 aliphatic carbocycles. The third-order valence-electron chi connectivity index (χ3n) is 3.46. The molecule has 0 atom stereocenters. The van der Waals surface area contributed by atoms with E-state index in [1.165, 1.54) is 4.31 Å². The van der Waals surface area contributed by atoms with Crippen molar-refractivity contribution in [2.45, 2.75) is 11.8 Å². The molecule has 3 rings (SSSR count). The highest BCUT2D eigenvalue weighted by atomic mass is 32.2. The van der Waals surface area contributed by atoms with Crippen molar-refractivity contribution in [3.8, 4) is 5.69 Å². The Morgan fingerprint density at radius 2 is 1.81 bits per heavy atom. The Hall–Kier alpha value is -1.70. The maximum atomic E-state index is 12.7. The fourth-order valence-corrected chi connectivity index (χ4v) is 3.89. The molecule has 0 unspecified atom stereocenters. The van der Waals surface area contributed by atoms with Gasteiger partial charge in [0, 0.05) is 13.1 Å². The topological polar surface area (TPSA) is 64.4 Å². The van der Waals surface area contributed by atoms with E-state index in [-0.39, 0.29) is 4.90 Å². The van der Waals surface area contributed by atoms with Crippen LogP contribution in [0.15, 0.2) is 41.4 Å². The van der Waals surface area contributed by atoms with Crippen LogP contribution in [0.5, 0.6) is 0 Å². The van der Waals surface area contributed by atoms with Gasteiger partial charge in [0.2, 0.25) is 10.0 Å². The highest BCUT2D eigenvalue weighted by molar-refractivity contribution is 7.89. The van der Waals surface area contributed by atoms with Crippen molar-refractivity contribution in [1.82, 2.24) is 14.1 Å². The number of sulfonamides is 1. The summed E-state index contributed by atoms with van der Waals surface area (Å²) in [5.74, 6) is 0. The van der Waals surface area contributed by atoms with Crippen molar-refractivity contribution in [2.75, 3.05) is 26.3 Å². The maximum absolute atomic E-state index is 12.7. The second-order valence-electron chi connectivity index (χ2n) is 4.88. The summed E-state index contributed by atoms with van der Waals surface area (Å²) in [6, 6.07) is 9.46. The van der Waals surface area contributed by atoms with Crippen LogP contribution in [-0.2, 0) is 14.8 Å². The third kappa shape index (κ3) is 2.72. The molecule has 0 N–H and O–H groups in total. The SMILES string of the molecule is Cc1nn(-c2ccccc2)cc1S(=O)(=O)N1CCOCC1. The quantitative estimate of drug-likeness (QED) is 0.855. The Labute approximate surface area is 124 Å². The van der Waals surface area contributed by atoms with Crippen molar-refractivity contribution in [3.63, 3.8) is 0 Å². The third-order valence-corrected chi connectivity index (χ3v) is 5.46. The predicted molar refractivity (Wildman–Crippen MR) is 77.9 cm³/mol. The summed E-state index contributed by atoms with van der Waals surface area (Å²) >= 11 is 0. The minimum atomic E-state index is -3.51. The molecule has 1 aromatic carbocycles. The highest BCUT2D eigenvalue weighted by Crippen LogP contribution is 2.21. The number of nitrogens with zero attached hydrogens (tertiary/aromatic N) is 3. The first kappa shape index (κ1) is 14.2. The van der Waals surface area contributed by atoms with Crippen molar-refractivity contribution in [3.05, 3.63) is 42.2 Å². The van der Waals surface area contributed by atoms with Crippen molar-refractivity contribution >= 4 is 10.0 Å². The summed E-state index contributed by atoms with van der Waals surface area (Å²) in [7, 11) is -3.51. The Kier molecular flexibility index (Phi) is 3.79. The molecule has 0 radical (unpaired) electrons. The van der Waals surface area contributed by atoms with Crippen LogP contribution in [0.2, 0.25) is 0 Å². The van der Waals surface area contributed by atoms with E-state index in [9.17, 15) is 8.42 Å². The van der Waals surface area contributed by atoms with E-state index in [1.807, 2.05) is 30.3 Å². The van der Waals surface area contributed by atoms with Gasteiger partial charge in [0.05, 0.1) is 30.8 Å². The Balaban J connectivity index is 1.97. The number of morpholine rings is 1. The lowest BCUT2D eigenvalue weighted by Gasteiger charge is -2.25. The lowest BCUT2D eigenvalue weighted by Crippen LogP contribution is -2.40. The fraction of sp³-hybridized carbons (Fsp3) is 0.357. The molecule has 1 aliphatic heterocycles. The van der Waals surface area contributed by atoms with E-state index in [0.29, 0.717) is 32.0 Å². The number of hydrogen-bond acceptors (Lipinski definition) is 4. The van der Waals surface area contributed by atoms with E-state index in [0.717, 1.165) is 5.69 Å². The van der Waals surface area contributed by atoms with Gasteiger partial charge in [-0.3, -0.25) is 0 Å². The minimum Gasteiger partial charge on any atom is -0.379 e. The summed E-state index contributed by atoms with van der Waals surface area (Å²) in [4.78, 5) is 0.258. The van der Waals surface area contributed by atoms with Crippen LogP contribution in [0.3, 0.4) is 0 Å². The van der Waals surface area contributed by atoms with Gasteiger partial charge in [0.15, 0.2) is 0 Å². The molecule has 1 aromatic heterocycles. The second kappa shape index (κ2) is 5.59. The summed E-state index contributed by atoms with van der Waals surface area (Å²) in [5.41, 5.74) is 1.34. The first-order chi connectivity index (χ1) is 10.1. The van der Waals surface area contributed by atoms with Gasteiger partial charge >= 0.3 is 0 Å². The van der Waals surface area contributed by atoms with E-state index in [1.54, 1.807) is 17.8 Å².